The highest BCUT2D eigenvalue weighted by atomic mass is 35.5. The zero-order valence-electron chi connectivity index (χ0n) is 14.9. The van der Waals surface area contributed by atoms with Crippen molar-refractivity contribution >= 4 is 35.0 Å². The SMILES string of the molecule is Cc1ccc(C(=O)Oc2c(C(=O)c3ccc(Cl)cc3Cl)c(C)nn2C)cc1. The summed E-state index contributed by atoms with van der Waals surface area (Å²) in [5, 5.41) is 4.85. The van der Waals surface area contributed by atoms with Crippen molar-refractivity contribution in [3.8, 4) is 5.88 Å². The van der Waals surface area contributed by atoms with E-state index in [9.17, 15) is 9.59 Å². The van der Waals surface area contributed by atoms with Crippen LogP contribution >= 0.6 is 23.2 Å². The average molecular weight is 403 g/mol. The number of ether oxygens (including phenoxy) is 1. The molecule has 2 aromatic carbocycles. The van der Waals surface area contributed by atoms with E-state index in [0.29, 0.717) is 16.3 Å². The Morgan fingerprint density at radius 1 is 1.04 bits per heavy atom. The number of benzene rings is 2. The number of aryl methyl sites for hydroxylation is 3. The number of hydrogen-bond acceptors (Lipinski definition) is 4. The van der Waals surface area contributed by atoms with Crippen molar-refractivity contribution in [3.05, 3.63) is 80.5 Å². The Hall–Kier alpha value is -2.63. The predicted molar refractivity (Wildman–Crippen MR) is 104 cm³/mol. The molecule has 0 aliphatic heterocycles. The third kappa shape index (κ3) is 3.89. The third-order valence-corrected chi connectivity index (χ3v) is 4.60. The molecule has 7 heteroatoms. The lowest BCUT2D eigenvalue weighted by Crippen LogP contribution is -2.14. The van der Waals surface area contributed by atoms with Crippen LogP contribution in [0.5, 0.6) is 5.88 Å². The number of halogens is 2. The van der Waals surface area contributed by atoms with E-state index in [1.165, 1.54) is 16.8 Å². The van der Waals surface area contributed by atoms with E-state index in [-0.39, 0.29) is 22.0 Å². The molecule has 0 radical (unpaired) electrons. The Bertz CT molecular complexity index is 1040. The van der Waals surface area contributed by atoms with E-state index in [4.69, 9.17) is 27.9 Å². The smallest absolute Gasteiger partial charge is 0.344 e. The lowest BCUT2D eigenvalue weighted by molar-refractivity contribution is 0.0718. The van der Waals surface area contributed by atoms with E-state index in [2.05, 4.69) is 5.10 Å². The normalized spacial score (nSPS) is 10.7. The molecule has 1 aromatic heterocycles. The molecule has 3 aromatic rings. The van der Waals surface area contributed by atoms with Gasteiger partial charge in [-0.25, -0.2) is 9.48 Å². The highest BCUT2D eigenvalue weighted by molar-refractivity contribution is 6.37. The van der Waals surface area contributed by atoms with E-state index in [1.54, 1.807) is 32.2 Å². The molecule has 0 unspecified atom stereocenters. The van der Waals surface area contributed by atoms with Gasteiger partial charge in [-0.2, -0.15) is 5.10 Å². The van der Waals surface area contributed by atoms with Crippen LogP contribution in [-0.2, 0) is 7.05 Å². The number of ketones is 1. The third-order valence-electron chi connectivity index (χ3n) is 4.05. The fourth-order valence-electron chi connectivity index (χ4n) is 2.66. The monoisotopic (exact) mass is 402 g/mol. The van der Waals surface area contributed by atoms with Gasteiger partial charge < -0.3 is 4.74 Å². The summed E-state index contributed by atoms with van der Waals surface area (Å²) in [5.74, 6) is -0.905. The maximum Gasteiger partial charge on any atom is 0.344 e. The van der Waals surface area contributed by atoms with Crippen molar-refractivity contribution in [3.63, 3.8) is 0 Å². The average Bonchev–Trinajstić information content (AvgIpc) is 2.88. The van der Waals surface area contributed by atoms with Crippen LogP contribution in [0.1, 0.15) is 37.5 Å². The summed E-state index contributed by atoms with van der Waals surface area (Å²) in [7, 11) is 1.60. The van der Waals surface area contributed by atoms with Crippen molar-refractivity contribution in [1.29, 1.82) is 0 Å². The van der Waals surface area contributed by atoms with Gasteiger partial charge in [0.05, 0.1) is 16.3 Å². The van der Waals surface area contributed by atoms with Gasteiger partial charge in [0.15, 0.2) is 0 Å². The molecule has 1 heterocycles. The Kier molecular flexibility index (Phi) is 5.35. The van der Waals surface area contributed by atoms with Gasteiger partial charge in [0.1, 0.15) is 5.56 Å². The minimum absolute atomic E-state index is 0.0640. The maximum atomic E-state index is 13.0. The van der Waals surface area contributed by atoms with Crippen LogP contribution in [0.2, 0.25) is 10.0 Å². The van der Waals surface area contributed by atoms with Crippen LogP contribution < -0.4 is 4.74 Å². The molecule has 0 fully saturated rings. The first-order valence-corrected chi connectivity index (χ1v) is 8.85. The van der Waals surface area contributed by atoms with Gasteiger partial charge in [0, 0.05) is 17.6 Å². The minimum Gasteiger partial charge on any atom is -0.403 e. The fourth-order valence-corrected chi connectivity index (χ4v) is 3.15. The number of carbonyl (C=O) groups is 2. The molecule has 3 rings (SSSR count). The molecule has 0 amide bonds. The first-order chi connectivity index (χ1) is 12.8. The van der Waals surface area contributed by atoms with Crippen molar-refractivity contribution < 1.29 is 14.3 Å². The van der Waals surface area contributed by atoms with Crippen LogP contribution in [0.3, 0.4) is 0 Å². The van der Waals surface area contributed by atoms with Crippen molar-refractivity contribution in [2.24, 2.45) is 7.05 Å². The molecule has 5 nitrogen and oxygen atoms in total. The van der Waals surface area contributed by atoms with E-state index >= 15 is 0 Å². The highest BCUT2D eigenvalue weighted by Gasteiger charge is 2.26. The van der Waals surface area contributed by atoms with E-state index in [0.717, 1.165) is 5.56 Å². The number of nitrogens with zero attached hydrogens (tertiary/aromatic N) is 2. The first-order valence-electron chi connectivity index (χ1n) is 8.10. The summed E-state index contributed by atoms with van der Waals surface area (Å²) in [6.07, 6.45) is 0. The standard InChI is InChI=1S/C20H16Cl2N2O3/c1-11-4-6-13(7-5-11)20(26)27-19-17(12(2)23-24(19)3)18(25)15-9-8-14(21)10-16(15)22/h4-10H,1-3H3. The number of aromatic nitrogens is 2. The quantitative estimate of drug-likeness (QED) is 0.464. The first kappa shape index (κ1) is 19.1. The summed E-state index contributed by atoms with van der Waals surface area (Å²) >= 11 is 12.1. The van der Waals surface area contributed by atoms with Crippen LogP contribution in [-0.4, -0.2) is 21.5 Å². The predicted octanol–water partition coefficient (Wildman–Crippen LogP) is 4.79. The topological polar surface area (TPSA) is 61.2 Å². The second-order valence-corrected chi connectivity index (χ2v) is 6.94. The molecule has 0 spiro atoms. The molecule has 0 atom stereocenters. The number of esters is 1. The largest absolute Gasteiger partial charge is 0.403 e. The zero-order valence-corrected chi connectivity index (χ0v) is 16.4. The molecular formula is C20H16Cl2N2O3. The highest BCUT2D eigenvalue weighted by Crippen LogP contribution is 2.29. The van der Waals surface area contributed by atoms with Crippen LogP contribution in [0.4, 0.5) is 0 Å². The number of rotatable bonds is 4. The molecule has 0 bridgehead atoms. The van der Waals surface area contributed by atoms with Gasteiger partial charge in [-0.3, -0.25) is 4.79 Å². The molecule has 0 saturated heterocycles. The summed E-state index contributed by atoms with van der Waals surface area (Å²) in [4.78, 5) is 25.5. The number of hydrogen-bond donors (Lipinski definition) is 0. The van der Waals surface area contributed by atoms with Crippen LogP contribution in [0.25, 0.3) is 0 Å². The van der Waals surface area contributed by atoms with Crippen molar-refractivity contribution in [1.82, 2.24) is 9.78 Å². The maximum absolute atomic E-state index is 13.0. The van der Waals surface area contributed by atoms with Crippen molar-refractivity contribution in [2.45, 2.75) is 13.8 Å². The Morgan fingerprint density at radius 2 is 1.70 bits per heavy atom. The Morgan fingerprint density at radius 3 is 2.33 bits per heavy atom. The van der Waals surface area contributed by atoms with E-state index in [1.807, 2.05) is 19.1 Å². The Labute approximate surface area is 166 Å². The molecule has 0 N–H and O–H groups in total. The minimum atomic E-state index is -0.575. The lowest BCUT2D eigenvalue weighted by atomic mass is 10.0. The zero-order chi connectivity index (χ0) is 19.7. The molecule has 0 saturated carbocycles. The second kappa shape index (κ2) is 7.55. The van der Waals surface area contributed by atoms with Gasteiger partial charge in [0.25, 0.3) is 0 Å². The molecular weight excluding hydrogens is 387 g/mol. The lowest BCUT2D eigenvalue weighted by Gasteiger charge is -2.09. The van der Waals surface area contributed by atoms with Crippen molar-refractivity contribution in [2.75, 3.05) is 0 Å². The van der Waals surface area contributed by atoms with Gasteiger partial charge in [-0.05, 0) is 44.2 Å². The summed E-state index contributed by atoms with van der Waals surface area (Å²) < 4.78 is 6.86. The van der Waals surface area contributed by atoms with Gasteiger partial charge in [-0.15, -0.1) is 0 Å². The molecule has 27 heavy (non-hydrogen) atoms. The fraction of sp³-hybridized carbons (Fsp3) is 0.150. The van der Waals surface area contributed by atoms with Crippen LogP contribution in [0.15, 0.2) is 42.5 Å². The van der Waals surface area contributed by atoms with Gasteiger partial charge >= 0.3 is 5.97 Å². The second-order valence-electron chi connectivity index (χ2n) is 6.10. The molecule has 138 valence electrons. The van der Waals surface area contributed by atoms with Gasteiger partial charge in [0.2, 0.25) is 11.7 Å². The van der Waals surface area contributed by atoms with Crippen LogP contribution in [0, 0.1) is 13.8 Å². The summed E-state index contributed by atoms with van der Waals surface area (Å²) in [6, 6.07) is 11.5. The molecule has 0 aliphatic rings. The summed E-state index contributed by atoms with van der Waals surface area (Å²) in [5.41, 5.74) is 2.27. The van der Waals surface area contributed by atoms with Gasteiger partial charge in [-0.1, -0.05) is 40.9 Å². The number of carbonyl (C=O) groups excluding carboxylic acids is 2. The summed E-state index contributed by atoms with van der Waals surface area (Å²) in [6.45, 7) is 3.59. The Balaban J connectivity index is 1.99. The van der Waals surface area contributed by atoms with E-state index < -0.39 is 11.8 Å². The molecule has 0 aliphatic carbocycles.